The van der Waals surface area contributed by atoms with Crippen LogP contribution in [0.3, 0.4) is 0 Å². The molecule has 0 aliphatic carbocycles. The summed E-state index contributed by atoms with van der Waals surface area (Å²) in [6.45, 7) is 1.16. The van der Waals surface area contributed by atoms with Crippen LogP contribution < -0.4 is 14.2 Å². The number of benzene rings is 3. The lowest BCUT2D eigenvalue weighted by Crippen LogP contribution is -2.23. The van der Waals surface area contributed by atoms with Gasteiger partial charge in [-0.3, -0.25) is 4.72 Å². The maximum atomic E-state index is 13.5. The smallest absolute Gasteiger partial charge is 0.419 e. The Hall–Kier alpha value is -2.66. The molecule has 1 aliphatic heterocycles. The monoisotopic (exact) mass is 560 g/mol. The Kier molecular flexibility index (Phi) is 7.61. The van der Waals surface area contributed by atoms with Crippen LogP contribution in [0, 0.1) is 0 Å². The predicted molar refractivity (Wildman–Crippen MR) is 132 cm³/mol. The maximum Gasteiger partial charge on any atom is 0.419 e. The van der Waals surface area contributed by atoms with Crippen molar-refractivity contribution in [2.45, 2.75) is 23.6 Å². The van der Waals surface area contributed by atoms with Gasteiger partial charge in [-0.25, -0.2) is 8.42 Å². The highest BCUT2D eigenvalue weighted by Crippen LogP contribution is 2.39. The average Bonchev–Trinajstić information content (AvgIpc) is 3.17. The number of alkyl halides is 3. The van der Waals surface area contributed by atoms with Gasteiger partial charge in [0.05, 0.1) is 16.1 Å². The van der Waals surface area contributed by atoms with E-state index in [-0.39, 0.29) is 16.3 Å². The first-order chi connectivity index (χ1) is 16.9. The van der Waals surface area contributed by atoms with Gasteiger partial charge in [0.15, 0.2) is 0 Å². The molecule has 1 N–H and O–H groups in total. The lowest BCUT2D eigenvalue weighted by Gasteiger charge is -2.19. The molecule has 0 aromatic heterocycles. The standard InChI is InChI=1S/C24H21Cl2F3N2O4S/c1-31-8-7-19(14-31)35-23-12-17(5-6-22(23)24(27,28)29)30-36(32,33)21-4-2-3-18(13-21)34-20-10-15(25)9-16(26)11-20/h2-6,9-13,19,30H,7-8,14H2,1H3/t19-/m1/s1. The van der Waals surface area contributed by atoms with Crippen molar-refractivity contribution in [2.75, 3.05) is 24.9 Å². The van der Waals surface area contributed by atoms with Gasteiger partial charge in [0.25, 0.3) is 10.0 Å². The molecule has 1 atom stereocenters. The van der Waals surface area contributed by atoms with Crippen LogP contribution in [0.2, 0.25) is 10.0 Å². The van der Waals surface area contributed by atoms with Crippen molar-refractivity contribution in [3.63, 3.8) is 0 Å². The van der Waals surface area contributed by atoms with E-state index >= 15 is 0 Å². The molecule has 0 radical (unpaired) electrons. The van der Waals surface area contributed by atoms with Crippen LogP contribution in [0.4, 0.5) is 18.9 Å². The predicted octanol–water partition coefficient (Wildman–Crippen LogP) is 6.69. The Morgan fingerprint density at radius 1 is 1.00 bits per heavy atom. The highest BCUT2D eigenvalue weighted by molar-refractivity contribution is 7.92. The molecule has 0 spiro atoms. The van der Waals surface area contributed by atoms with Crippen molar-refractivity contribution < 1.29 is 31.1 Å². The normalized spacial score (nSPS) is 16.7. The van der Waals surface area contributed by atoms with Crippen molar-refractivity contribution in [1.82, 2.24) is 4.90 Å². The summed E-state index contributed by atoms with van der Waals surface area (Å²) in [7, 11) is -2.33. The van der Waals surface area contributed by atoms with Gasteiger partial charge in [-0.1, -0.05) is 29.3 Å². The second-order valence-corrected chi connectivity index (χ2v) is 10.8. The molecule has 0 unspecified atom stereocenters. The van der Waals surface area contributed by atoms with Crippen LogP contribution in [-0.4, -0.2) is 39.6 Å². The lowest BCUT2D eigenvalue weighted by molar-refractivity contribution is -0.139. The average molecular weight is 561 g/mol. The topological polar surface area (TPSA) is 67.9 Å². The van der Waals surface area contributed by atoms with Gasteiger partial charge in [0.2, 0.25) is 0 Å². The summed E-state index contributed by atoms with van der Waals surface area (Å²) < 4.78 is 80.3. The summed E-state index contributed by atoms with van der Waals surface area (Å²) in [5.41, 5.74) is -1.05. The summed E-state index contributed by atoms with van der Waals surface area (Å²) in [6, 6.07) is 13.0. The first-order valence-electron chi connectivity index (χ1n) is 10.7. The second-order valence-electron chi connectivity index (χ2n) is 8.29. The van der Waals surface area contributed by atoms with E-state index in [0.717, 1.165) is 18.2 Å². The molecule has 1 heterocycles. The van der Waals surface area contributed by atoms with E-state index < -0.39 is 33.6 Å². The minimum absolute atomic E-state index is 0.0719. The fourth-order valence-corrected chi connectivity index (χ4v) is 5.32. The van der Waals surface area contributed by atoms with E-state index in [1.165, 1.54) is 42.5 Å². The number of nitrogens with zero attached hydrogens (tertiary/aromatic N) is 1. The molecule has 12 heteroatoms. The van der Waals surface area contributed by atoms with Crippen LogP contribution in [-0.2, 0) is 16.2 Å². The first-order valence-corrected chi connectivity index (χ1v) is 13.0. The van der Waals surface area contributed by atoms with Gasteiger partial charge >= 0.3 is 6.18 Å². The molecule has 36 heavy (non-hydrogen) atoms. The van der Waals surface area contributed by atoms with E-state index in [9.17, 15) is 21.6 Å². The fourth-order valence-electron chi connectivity index (χ4n) is 3.73. The van der Waals surface area contributed by atoms with E-state index in [1.54, 1.807) is 0 Å². The van der Waals surface area contributed by atoms with Gasteiger partial charge in [-0.15, -0.1) is 0 Å². The molecule has 1 aliphatic rings. The molecule has 0 saturated carbocycles. The third-order valence-corrected chi connectivity index (χ3v) is 7.18. The van der Waals surface area contributed by atoms with Crippen molar-refractivity contribution in [3.8, 4) is 17.2 Å². The molecule has 1 fully saturated rings. The number of likely N-dealkylation sites (N-methyl/N-ethyl adjacent to an activating group) is 1. The summed E-state index contributed by atoms with van der Waals surface area (Å²) in [5.74, 6) is 0.0630. The second kappa shape index (κ2) is 10.4. The highest BCUT2D eigenvalue weighted by atomic mass is 35.5. The van der Waals surface area contributed by atoms with Crippen molar-refractivity contribution in [3.05, 3.63) is 76.3 Å². The zero-order valence-electron chi connectivity index (χ0n) is 18.9. The van der Waals surface area contributed by atoms with Crippen LogP contribution >= 0.6 is 23.2 Å². The number of halogens is 5. The molecule has 0 bridgehead atoms. The first kappa shape index (κ1) is 26.4. The third kappa shape index (κ3) is 6.56. The van der Waals surface area contributed by atoms with E-state index in [1.807, 2.05) is 11.9 Å². The lowest BCUT2D eigenvalue weighted by atomic mass is 10.1. The number of rotatable bonds is 7. The number of anilines is 1. The van der Waals surface area contributed by atoms with Crippen LogP contribution in [0.5, 0.6) is 17.2 Å². The van der Waals surface area contributed by atoms with Crippen LogP contribution in [0.15, 0.2) is 65.6 Å². The number of hydrogen-bond donors (Lipinski definition) is 1. The molecule has 1 saturated heterocycles. The quantitative estimate of drug-likeness (QED) is 0.348. The van der Waals surface area contributed by atoms with Crippen molar-refractivity contribution in [1.29, 1.82) is 0 Å². The van der Waals surface area contributed by atoms with Gasteiger partial charge in [0, 0.05) is 35.3 Å². The van der Waals surface area contributed by atoms with E-state index in [0.29, 0.717) is 35.3 Å². The molecular formula is C24H21Cl2F3N2O4S. The number of sulfonamides is 1. The minimum Gasteiger partial charge on any atom is -0.488 e. The number of nitrogens with one attached hydrogen (secondary N) is 1. The molecule has 3 aromatic rings. The Morgan fingerprint density at radius 2 is 1.72 bits per heavy atom. The SMILES string of the molecule is CN1CC[C@@H](Oc2cc(NS(=O)(=O)c3cccc(Oc4cc(Cl)cc(Cl)c4)c3)ccc2C(F)(F)F)C1. The largest absolute Gasteiger partial charge is 0.488 e. The summed E-state index contributed by atoms with van der Waals surface area (Å²) in [4.78, 5) is 1.78. The van der Waals surface area contributed by atoms with E-state index in [2.05, 4.69) is 4.72 Å². The number of hydrogen-bond acceptors (Lipinski definition) is 5. The Morgan fingerprint density at radius 3 is 2.36 bits per heavy atom. The van der Waals surface area contributed by atoms with Crippen LogP contribution in [0.1, 0.15) is 12.0 Å². The van der Waals surface area contributed by atoms with Crippen LogP contribution in [0.25, 0.3) is 0 Å². The summed E-state index contributed by atoms with van der Waals surface area (Å²) >= 11 is 11.9. The molecule has 3 aromatic carbocycles. The zero-order valence-corrected chi connectivity index (χ0v) is 21.2. The molecular weight excluding hydrogens is 540 g/mol. The Bertz CT molecular complexity index is 1350. The van der Waals surface area contributed by atoms with E-state index in [4.69, 9.17) is 32.7 Å². The molecule has 4 rings (SSSR count). The zero-order chi connectivity index (χ0) is 26.1. The summed E-state index contributed by atoms with van der Waals surface area (Å²) in [6.07, 6.45) is -4.53. The molecule has 192 valence electrons. The van der Waals surface area contributed by atoms with Crippen molar-refractivity contribution >= 4 is 38.9 Å². The van der Waals surface area contributed by atoms with Gasteiger partial charge in [-0.05, 0) is 55.9 Å². The molecule has 6 nitrogen and oxygen atoms in total. The van der Waals surface area contributed by atoms with Gasteiger partial charge in [-0.2, -0.15) is 13.2 Å². The van der Waals surface area contributed by atoms with Crippen molar-refractivity contribution in [2.24, 2.45) is 0 Å². The number of ether oxygens (including phenoxy) is 2. The third-order valence-electron chi connectivity index (χ3n) is 5.37. The van der Waals surface area contributed by atoms with Gasteiger partial charge in [0.1, 0.15) is 23.4 Å². The maximum absolute atomic E-state index is 13.5. The molecule has 0 amide bonds. The Labute approximate surface area is 216 Å². The Balaban J connectivity index is 1.58. The number of likely N-dealkylation sites (tertiary alicyclic amines) is 1. The summed E-state index contributed by atoms with van der Waals surface area (Å²) in [5, 5.41) is 0.681. The van der Waals surface area contributed by atoms with Gasteiger partial charge < -0.3 is 14.4 Å². The highest BCUT2D eigenvalue weighted by Gasteiger charge is 2.36. The minimum atomic E-state index is -4.66. The fraction of sp³-hybridized carbons (Fsp3) is 0.250.